The molecule has 1 heterocycles. The summed E-state index contributed by atoms with van der Waals surface area (Å²) in [5, 5.41) is 6.27. The Morgan fingerprint density at radius 2 is 2.14 bits per heavy atom. The first kappa shape index (κ1) is 21.1. The fraction of sp³-hybridized carbons (Fsp3) is 0.286. The Morgan fingerprint density at radius 3 is 2.77 bits per heavy atom. The van der Waals surface area contributed by atoms with Crippen LogP contribution in [-0.2, 0) is 0 Å². The number of thiazole rings is 1. The SMILES string of the molecule is CNCCN(C)C(=O)c1csc(-c2cccc(Cl)c2)n1.Cl.Cl. The van der Waals surface area contributed by atoms with Gasteiger partial charge in [0.15, 0.2) is 0 Å². The van der Waals surface area contributed by atoms with Crippen molar-refractivity contribution in [1.82, 2.24) is 15.2 Å². The Hall–Kier alpha value is -0.850. The molecule has 0 unspecified atom stereocenters. The predicted molar refractivity (Wildman–Crippen MR) is 97.9 cm³/mol. The van der Waals surface area contributed by atoms with Gasteiger partial charge in [0.05, 0.1) is 0 Å². The number of hydrogen-bond donors (Lipinski definition) is 1. The van der Waals surface area contributed by atoms with E-state index in [1.165, 1.54) is 11.3 Å². The Morgan fingerprint density at radius 1 is 1.41 bits per heavy atom. The molecule has 0 saturated carbocycles. The highest BCUT2D eigenvalue weighted by Crippen LogP contribution is 2.26. The standard InChI is InChI=1S/C14H16ClN3OS.2ClH/c1-16-6-7-18(2)14(19)12-9-20-13(17-12)10-4-3-5-11(15)8-10;;/h3-5,8-9,16H,6-7H2,1-2H3;2*1H. The zero-order chi connectivity index (χ0) is 14.5. The lowest BCUT2D eigenvalue weighted by atomic mass is 10.2. The molecule has 1 aromatic heterocycles. The van der Waals surface area contributed by atoms with Gasteiger partial charge in [0.2, 0.25) is 0 Å². The molecule has 1 amide bonds. The highest BCUT2D eigenvalue weighted by molar-refractivity contribution is 7.13. The van der Waals surface area contributed by atoms with E-state index in [4.69, 9.17) is 11.6 Å². The molecule has 0 saturated heterocycles. The summed E-state index contributed by atoms with van der Waals surface area (Å²) in [5.74, 6) is -0.0650. The Kier molecular flexibility index (Phi) is 9.64. The number of nitrogens with zero attached hydrogens (tertiary/aromatic N) is 2. The van der Waals surface area contributed by atoms with Crippen molar-refractivity contribution in [1.29, 1.82) is 0 Å². The molecule has 0 fully saturated rings. The average molecular weight is 383 g/mol. The van der Waals surface area contributed by atoms with Crippen LogP contribution in [0.15, 0.2) is 29.6 Å². The van der Waals surface area contributed by atoms with Gasteiger partial charge in [-0.05, 0) is 19.2 Å². The van der Waals surface area contributed by atoms with Crippen molar-refractivity contribution in [2.45, 2.75) is 0 Å². The molecular weight excluding hydrogens is 365 g/mol. The largest absolute Gasteiger partial charge is 0.339 e. The van der Waals surface area contributed by atoms with Crippen molar-refractivity contribution < 1.29 is 4.79 Å². The maximum Gasteiger partial charge on any atom is 0.273 e. The van der Waals surface area contributed by atoms with Crippen LogP contribution in [0.25, 0.3) is 10.6 Å². The minimum Gasteiger partial charge on any atom is -0.339 e. The van der Waals surface area contributed by atoms with Crippen LogP contribution in [-0.4, -0.2) is 43.0 Å². The predicted octanol–water partition coefficient (Wildman–Crippen LogP) is 3.60. The summed E-state index contributed by atoms with van der Waals surface area (Å²) in [7, 11) is 3.64. The second-order valence-corrected chi connectivity index (χ2v) is 5.67. The van der Waals surface area contributed by atoms with Crippen molar-refractivity contribution >= 4 is 53.7 Å². The molecule has 0 aliphatic heterocycles. The van der Waals surface area contributed by atoms with Crippen molar-refractivity contribution in [2.75, 3.05) is 27.2 Å². The lowest BCUT2D eigenvalue weighted by molar-refractivity contribution is 0.0792. The number of carbonyl (C=O) groups excluding carboxylic acids is 1. The van der Waals surface area contributed by atoms with Gasteiger partial charge in [-0.2, -0.15) is 0 Å². The summed E-state index contributed by atoms with van der Waals surface area (Å²) >= 11 is 7.41. The molecule has 0 aliphatic rings. The molecule has 1 N–H and O–H groups in total. The highest BCUT2D eigenvalue weighted by Gasteiger charge is 2.15. The summed E-state index contributed by atoms with van der Waals surface area (Å²) in [6, 6.07) is 7.47. The first-order chi connectivity index (χ1) is 9.61. The van der Waals surface area contributed by atoms with Gasteiger partial charge >= 0.3 is 0 Å². The van der Waals surface area contributed by atoms with E-state index in [0.29, 0.717) is 17.3 Å². The van der Waals surface area contributed by atoms with E-state index in [1.807, 2.05) is 31.3 Å². The molecule has 2 rings (SSSR count). The number of halogens is 3. The quantitative estimate of drug-likeness (QED) is 0.859. The monoisotopic (exact) mass is 381 g/mol. The van der Waals surface area contributed by atoms with Crippen molar-refractivity contribution in [3.63, 3.8) is 0 Å². The summed E-state index contributed by atoms with van der Waals surface area (Å²) in [6.07, 6.45) is 0. The summed E-state index contributed by atoms with van der Waals surface area (Å²) < 4.78 is 0. The van der Waals surface area contributed by atoms with Gasteiger partial charge in [-0.1, -0.05) is 23.7 Å². The van der Waals surface area contributed by atoms with Gasteiger partial charge in [0, 0.05) is 36.1 Å². The zero-order valence-electron chi connectivity index (χ0n) is 12.2. The smallest absolute Gasteiger partial charge is 0.273 e. The minimum absolute atomic E-state index is 0. The van der Waals surface area contributed by atoms with E-state index >= 15 is 0 Å². The van der Waals surface area contributed by atoms with Gasteiger partial charge < -0.3 is 10.2 Å². The van der Waals surface area contributed by atoms with Crippen LogP contribution in [0.4, 0.5) is 0 Å². The molecule has 0 aliphatic carbocycles. The highest BCUT2D eigenvalue weighted by atomic mass is 35.5. The first-order valence-electron chi connectivity index (χ1n) is 6.23. The van der Waals surface area contributed by atoms with Crippen LogP contribution in [0.5, 0.6) is 0 Å². The fourth-order valence-electron chi connectivity index (χ4n) is 1.70. The third-order valence-corrected chi connectivity index (χ3v) is 3.97. The van der Waals surface area contributed by atoms with E-state index in [0.717, 1.165) is 17.1 Å². The summed E-state index contributed by atoms with van der Waals surface area (Å²) in [6.45, 7) is 1.41. The summed E-state index contributed by atoms with van der Waals surface area (Å²) in [5.41, 5.74) is 1.41. The summed E-state index contributed by atoms with van der Waals surface area (Å²) in [4.78, 5) is 18.2. The Balaban J connectivity index is 0.00000220. The van der Waals surface area contributed by atoms with Crippen LogP contribution in [0, 0.1) is 0 Å². The second-order valence-electron chi connectivity index (χ2n) is 4.38. The third-order valence-electron chi connectivity index (χ3n) is 2.84. The van der Waals surface area contributed by atoms with Gasteiger partial charge in [0.1, 0.15) is 10.7 Å². The maximum atomic E-state index is 12.2. The maximum absolute atomic E-state index is 12.2. The Bertz CT molecular complexity index is 607. The van der Waals surface area contributed by atoms with E-state index < -0.39 is 0 Å². The molecule has 0 atom stereocenters. The van der Waals surface area contributed by atoms with Crippen molar-refractivity contribution in [2.24, 2.45) is 0 Å². The van der Waals surface area contributed by atoms with Crippen molar-refractivity contribution in [3.8, 4) is 10.6 Å². The van der Waals surface area contributed by atoms with E-state index in [1.54, 1.807) is 17.3 Å². The van der Waals surface area contributed by atoms with Crippen molar-refractivity contribution in [3.05, 3.63) is 40.4 Å². The van der Waals surface area contributed by atoms with E-state index in [2.05, 4.69) is 10.3 Å². The molecule has 0 radical (unpaired) electrons. The normalized spacial score (nSPS) is 9.59. The first-order valence-corrected chi connectivity index (χ1v) is 7.49. The van der Waals surface area contributed by atoms with Crippen LogP contribution >= 0.6 is 47.8 Å². The Labute approximate surface area is 151 Å². The van der Waals surface area contributed by atoms with Gasteiger partial charge in [-0.25, -0.2) is 4.98 Å². The van der Waals surface area contributed by atoms with Crippen LogP contribution < -0.4 is 5.32 Å². The number of amides is 1. The number of carbonyl (C=O) groups is 1. The molecule has 0 spiro atoms. The van der Waals surface area contributed by atoms with E-state index in [9.17, 15) is 4.79 Å². The molecule has 1 aromatic carbocycles. The lowest BCUT2D eigenvalue weighted by Crippen LogP contribution is -2.32. The lowest BCUT2D eigenvalue weighted by Gasteiger charge is -2.15. The molecule has 122 valence electrons. The zero-order valence-corrected chi connectivity index (χ0v) is 15.4. The number of benzene rings is 1. The average Bonchev–Trinajstić information content (AvgIpc) is 2.93. The molecule has 22 heavy (non-hydrogen) atoms. The van der Waals surface area contributed by atoms with Crippen LogP contribution in [0.2, 0.25) is 5.02 Å². The van der Waals surface area contributed by atoms with E-state index in [-0.39, 0.29) is 30.7 Å². The van der Waals surface area contributed by atoms with Gasteiger partial charge in [-0.15, -0.1) is 36.2 Å². The van der Waals surface area contributed by atoms with Gasteiger partial charge in [-0.3, -0.25) is 4.79 Å². The van der Waals surface area contributed by atoms with Gasteiger partial charge in [0.25, 0.3) is 5.91 Å². The number of hydrogen-bond acceptors (Lipinski definition) is 4. The minimum atomic E-state index is -0.0650. The third kappa shape index (κ3) is 5.41. The molecule has 0 bridgehead atoms. The molecular formula is C14H18Cl3N3OS. The molecule has 4 nitrogen and oxygen atoms in total. The number of rotatable bonds is 5. The molecule has 2 aromatic rings. The number of aromatic nitrogens is 1. The topological polar surface area (TPSA) is 45.2 Å². The second kappa shape index (κ2) is 10.0. The number of nitrogens with one attached hydrogen (secondary N) is 1. The fourth-order valence-corrected chi connectivity index (χ4v) is 2.68. The molecule has 8 heteroatoms. The van der Waals surface area contributed by atoms with Crippen LogP contribution in [0.3, 0.4) is 0 Å². The van der Waals surface area contributed by atoms with Crippen LogP contribution in [0.1, 0.15) is 10.5 Å². The number of likely N-dealkylation sites (N-methyl/N-ethyl adjacent to an activating group) is 2.